The van der Waals surface area contributed by atoms with E-state index < -0.39 is 6.04 Å². The first-order valence-electron chi connectivity index (χ1n) is 9.56. The van der Waals surface area contributed by atoms with Crippen LogP contribution in [0.4, 0.5) is 0 Å². The van der Waals surface area contributed by atoms with Crippen LogP contribution in [0.1, 0.15) is 18.5 Å². The summed E-state index contributed by atoms with van der Waals surface area (Å²) in [6.45, 7) is 3.83. The van der Waals surface area contributed by atoms with Gasteiger partial charge in [0.25, 0.3) is 5.91 Å². The highest BCUT2D eigenvalue weighted by Crippen LogP contribution is 2.25. The van der Waals surface area contributed by atoms with Gasteiger partial charge in [-0.1, -0.05) is 48.5 Å². The molecule has 1 aliphatic rings. The van der Waals surface area contributed by atoms with Gasteiger partial charge < -0.3 is 19.9 Å². The summed E-state index contributed by atoms with van der Waals surface area (Å²) in [5.41, 5.74) is 1.10. The van der Waals surface area contributed by atoms with Crippen LogP contribution in [0.2, 0.25) is 0 Å². The van der Waals surface area contributed by atoms with Crippen LogP contribution in [0.15, 0.2) is 60.7 Å². The second-order valence-electron chi connectivity index (χ2n) is 7.11. The molecule has 1 saturated heterocycles. The van der Waals surface area contributed by atoms with Gasteiger partial charge in [-0.3, -0.25) is 9.59 Å². The molecule has 0 saturated carbocycles. The first-order chi connectivity index (χ1) is 13.5. The number of benzene rings is 2. The molecule has 28 heavy (non-hydrogen) atoms. The molecule has 148 valence electrons. The number of likely N-dealkylation sites (N-methyl/N-ethyl adjacent to an activating group) is 1. The Hall–Kier alpha value is -2.86. The van der Waals surface area contributed by atoms with E-state index in [1.807, 2.05) is 53.4 Å². The summed E-state index contributed by atoms with van der Waals surface area (Å²) in [6, 6.07) is 18.5. The lowest BCUT2D eigenvalue weighted by Crippen LogP contribution is -2.55. The van der Waals surface area contributed by atoms with Crippen molar-refractivity contribution in [3.8, 4) is 5.75 Å². The van der Waals surface area contributed by atoms with E-state index in [4.69, 9.17) is 4.74 Å². The van der Waals surface area contributed by atoms with Gasteiger partial charge in [-0.25, -0.2) is 0 Å². The molecule has 0 aromatic heterocycles. The zero-order valence-electron chi connectivity index (χ0n) is 16.4. The van der Waals surface area contributed by atoms with Crippen molar-refractivity contribution >= 4 is 11.8 Å². The molecule has 0 radical (unpaired) electrons. The summed E-state index contributed by atoms with van der Waals surface area (Å²) in [7, 11) is 2.06. The van der Waals surface area contributed by atoms with Crippen molar-refractivity contribution in [1.29, 1.82) is 0 Å². The lowest BCUT2D eigenvalue weighted by atomic mass is 10.0. The summed E-state index contributed by atoms with van der Waals surface area (Å²) in [6.07, 6.45) is 0. The van der Waals surface area contributed by atoms with E-state index >= 15 is 0 Å². The standard InChI is InChI=1S/C22H27N3O3/c1-17(23-21(26)16-28-19-11-7-4-8-12-19)22(27)25-14-13-24(2)15-20(25)18-9-5-3-6-10-18/h3-12,17,20H,13-16H2,1-2H3,(H,23,26)/t17-,20+/m0/s1. The van der Waals surface area contributed by atoms with Crippen molar-refractivity contribution in [1.82, 2.24) is 15.1 Å². The molecular formula is C22H27N3O3. The van der Waals surface area contributed by atoms with Crippen LogP contribution in [-0.2, 0) is 9.59 Å². The Bertz CT molecular complexity index is 782. The highest BCUT2D eigenvalue weighted by atomic mass is 16.5. The Morgan fingerprint density at radius 2 is 1.71 bits per heavy atom. The fraction of sp³-hybridized carbons (Fsp3) is 0.364. The number of hydrogen-bond acceptors (Lipinski definition) is 4. The molecule has 2 atom stereocenters. The summed E-state index contributed by atoms with van der Waals surface area (Å²) >= 11 is 0. The highest BCUT2D eigenvalue weighted by Gasteiger charge is 2.32. The van der Waals surface area contributed by atoms with Gasteiger partial charge in [0.2, 0.25) is 5.91 Å². The van der Waals surface area contributed by atoms with Crippen LogP contribution in [-0.4, -0.2) is 60.9 Å². The normalized spacial score (nSPS) is 18.4. The molecule has 2 amide bonds. The predicted octanol–water partition coefficient (Wildman–Crippen LogP) is 2.09. The molecule has 1 fully saturated rings. The SMILES string of the molecule is C[C@H](NC(=O)COc1ccccc1)C(=O)N1CCN(C)C[C@@H]1c1ccccc1. The quantitative estimate of drug-likeness (QED) is 0.832. The van der Waals surface area contributed by atoms with E-state index in [2.05, 4.69) is 17.3 Å². The number of amides is 2. The van der Waals surface area contributed by atoms with E-state index in [1.54, 1.807) is 19.1 Å². The molecule has 1 N–H and O–H groups in total. The first kappa shape index (κ1) is 19.9. The summed E-state index contributed by atoms with van der Waals surface area (Å²) in [4.78, 5) is 29.3. The summed E-state index contributed by atoms with van der Waals surface area (Å²) < 4.78 is 5.45. The maximum Gasteiger partial charge on any atom is 0.258 e. The molecule has 2 aromatic carbocycles. The van der Waals surface area contributed by atoms with Gasteiger partial charge in [-0.15, -0.1) is 0 Å². The van der Waals surface area contributed by atoms with Crippen LogP contribution in [0, 0.1) is 0 Å². The molecule has 0 unspecified atom stereocenters. The van der Waals surface area contributed by atoms with Crippen LogP contribution in [0.25, 0.3) is 0 Å². The fourth-order valence-electron chi connectivity index (χ4n) is 3.40. The summed E-state index contributed by atoms with van der Waals surface area (Å²) in [5.74, 6) is 0.241. The van der Waals surface area contributed by atoms with Gasteiger partial charge in [0.15, 0.2) is 6.61 Å². The number of carbonyl (C=O) groups is 2. The smallest absolute Gasteiger partial charge is 0.258 e. The van der Waals surface area contributed by atoms with Crippen molar-refractivity contribution in [3.63, 3.8) is 0 Å². The van der Waals surface area contributed by atoms with Gasteiger partial charge in [0.1, 0.15) is 11.8 Å². The lowest BCUT2D eigenvalue weighted by molar-refractivity contribution is -0.140. The molecule has 1 aliphatic heterocycles. The van der Waals surface area contributed by atoms with E-state index in [9.17, 15) is 9.59 Å². The fourth-order valence-corrected chi connectivity index (χ4v) is 3.40. The minimum absolute atomic E-state index is 0.0210. The maximum atomic E-state index is 13.1. The number of hydrogen-bond donors (Lipinski definition) is 1. The first-order valence-corrected chi connectivity index (χ1v) is 9.56. The average Bonchev–Trinajstić information content (AvgIpc) is 2.73. The molecule has 0 bridgehead atoms. The number of para-hydroxylation sites is 1. The zero-order valence-corrected chi connectivity index (χ0v) is 16.4. The van der Waals surface area contributed by atoms with Gasteiger partial charge in [0, 0.05) is 19.6 Å². The molecule has 2 aromatic rings. The molecule has 1 heterocycles. The van der Waals surface area contributed by atoms with Crippen LogP contribution < -0.4 is 10.1 Å². The molecule has 3 rings (SSSR count). The number of ether oxygens (including phenoxy) is 1. The van der Waals surface area contributed by atoms with Crippen LogP contribution in [0.5, 0.6) is 5.75 Å². The third-order valence-electron chi connectivity index (χ3n) is 4.91. The molecule has 6 nitrogen and oxygen atoms in total. The number of rotatable bonds is 6. The lowest BCUT2D eigenvalue weighted by Gasteiger charge is -2.41. The number of nitrogens with zero attached hydrogens (tertiary/aromatic N) is 2. The highest BCUT2D eigenvalue weighted by molar-refractivity contribution is 5.88. The Kier molecular flexibility index (Phi) is 6.66. The Morgan fingerprint density at radius 3 is 2.39 bits per heavy atom. The molecule has 0 aliphatic carbocycles. The topological polar surface area (TPSA) is 61.9 Å². The molecule has 0 spiro atoms. The van der Waals surface area contributed by atoms with E-state index in [0.29, 0.717) is 12.3 Å². The second-order valence-corrected chi connectivity index (χ2v) is 7.11. The van der Waals surface area contributed by atoms with Crippen molar-refractivity contribution < 1.29 is 14.3 Å². The van der Waals surface area contributed by atoms with Crippen molar-refractivity contribution in [2.45, 2.75) is 19.0 Å². The van der Waals surface area contributed by atoms with Crippen molar-refractivity contribution in [3.05, 3.63) is 66.2 Å². The minimum Gasteiger partial charge on any atom is -0.484 e. The summed E-state index contributed by atoms with van der Waals surface area (Å²) in [5, 5.41) is 2.76. The van der Waals surface area contributed by atoms with Crippen LogP contribution in [0.3, 0.4) is 0 Å². The van der Waals surface area contributed by atoms with Gasteiger partial charge in [0.05, 0.1) is 6.04 Å². The zero-order chi connectivity index (χ0) is 19.9. The van der Waals surface area contributed by atoms with Crippen LogP contribution >= 0.6 is 0 Å². The Morgan fingerprint density at radius 1 is 1.07 bits per heavy atom. The van der Waals surface area contributed by atoms with E-state index in [-0.39, 0.29) is 24.5 Å². The predicted molar refractivity (Wildman–Crippen MR) is 108 cm³/mol. The van der Waals surface area contributed by atoms with Gasteiger partial charge in [-0.05, 0) is 31.7 Å². The van der Waals surface area contributed by atoms with Gasteiger partial charge >= 0.3 is 0 Å². The Balaban J connectivity index is 1.60. The number of piperazine rings is 1. The third kappa shape index (κ3) is 5.10. The maximum absolute atomic E-state index is 13.1. The second kappa shape index (κ2) is 9.37. The van der Waals surface area contributed by atoms with Crippen molar-refractivity contribution in [2.75, 3.05) is 33.3 Å². The van der Waals surface area contributed by atoms with Crippen molar-refractivity contribution in [2.24, 2.45) is 0 Å². The van der Waals surface area contributed by atoms with E-state index in [0.717, 1.165) is 18.7 Å². The monoisotopic (exact) mass is 381 g/mol. The minimum atomic E-state index is -0.610. The van der Waals surface area contributed by atoms with Gasteiger partial charge in [-0.2, -0.15) is 0 Å². The number of carbonyl (C=O) groups excluding carboxylic acids is 2. The number of nitrogens with one attached hydrogen (secondary N) is 1. The Labute approximate surface area is 166 Å². The average molecular weight is 381 g/mol. The molecule has 6 heteroatoms. The van der Waals surface area contributed by atoms with E-state index in [1.165, 1.54) is 0 Å². The largest absolute Gasteiger partial charge is 0.484 e. The molecular weight excluding hydrogens is 354 g/mol. The third-order valence-corrected chi connectivity index (χ3v) is 4.91.